The van der Waals surface area contributed by atoms with Crippen LogP contribution in [0.5, 0.6) is 11.5 Å². The Morgan fingerprint density at radius 1 is 1.11 bits per heavy atom. The largest absolute Gasteiger partial charge is 0.457 e. The fourth-order valence-corrected chi connectivity index (χ4v) is 1.82. The predicted molar refractivity (Wildman–Crippen MR) is 77.0 cm³/mol. The molecule has 19 heavy (non-hydrogen) atoms. The summed E-state index contributed by atoms with van der Waals surface area (Å²) >= 11 is 5.97. The van der Waals surface area contributed by atoms with Crippen molar-refractivity contribution >= 4 is 17.3 Å². The molecule has 0 saturated heterocycles. The lowest BCUT2D eigenvalue weighted by atomic mass is 10.2. The van der Waals surface area contributed by atoms with Crippen molar-refractivity contribution in [3.63, 3.8) is 0 Å². The molecule has 0 aliphatic carbocycles. The van der Waals surface area contributed by atoms with Gasteiger partial charge in [0.1, 0.15) is 17.6 Å². The SMILES string of the molecule is CN(C)c1cccc(Oc2ccc(C#N)c(Cl)c2)c1. The third-order valence-corrected chi connectivity index (χ3v) is 2.94. The third-order valence-electron chi connectivity index (χ3n) is 2.63. The van der Waals surface area contributed by atoms with Gasteiger partial charge in [0.25, 0.3) is 0 Å². The van der Waals surface area contributed by atoms with Crippen molar-refractivity contribution in [1.29, 1.82) is 5.26 Å². The summed E-state index contributed by atoms with van der Waals surface area (Å²) in [6, 6.07) is 14.8. The van der Waals surface area contributed by atoms with Crippen LogP contribution in [0.4, 0.5) is 5.69 Å². The molecule has 0 spiro atoms. The number of nitrogens with zero attached hydrogens (tertiary/aromatic N) is 2. The van der Waals surface area contributed by atoms with Crippen molar-refractivity contribution in [1.82, 2.24) is 0 Å². The average Bonchev–Trinajstić information content (AvgIpc) is 2.39. The monoisotopic (exact) mass is 272 g/mol. The normalized spacial score (nSPS) is 9.79. The van der Waals surface area contributed by atoms with Gasteiger partial charge in [-0.3, -0.25) is 0 Å². The van der Waals surface area contributed by atoms with Gasteiger partial charge in [-0.2, -0.15) is 5.26 Å². The van der Waals surface area contributed by atoms with Crippen LogP contribution in [0, 0.1) is 11.3 Å². The number of ether oxygens (including phenoxy) is 1. The number of benzene rings is 2. The number of hydrogen-bond donors (Lipinski definition) is 0. The molecule has 0 unspecified atom stereocenters. The summed E-state index contributed by atoms with van der Waals surface area (Å²) in [5.41, 5.74) is 1.49. The van der Waals surface area contributed by atoms with Crippen molar-refractivity contribution in [2.45, 2.75) is 0 Å². The van der Waals surface area contributed by atoms with E-state index in [2.05, 4.69) is 0 Å². The predicted octanol–water partition coefficient (Wildman–Crippen LogP) is 4.07. The van der Waals surface area contributed by atoms with Crippen molar-refractivity contribution in [3.8, 4) is 17.6 Å². The van der Waals surface area contributed by atoms with E-state index >= 15 is 0 Å². The van der Waals surface area contributed by atoms with Crippen LogP contribution in [0.2, 0.25) is 5.02 Å². The molecular weight excluding hydrogens is 260 g/mol. The first-order valence-corrected chi connectivity index (χ1v) is 6.13. The van der Waals surface area contributed by atoms with Crippen LogP contribution in [0.25, 0.3) is 0 Å². The van der Waals surface area contributed by atoms with Crippen LogP contribution in [0.1, 0.15) is 5.56 Å². The molecule has 0 heterocycles. The Morgan fingerprint density at radius 2 is 1.84 bits per heavy atom. The van der Waals surface area contributed by atoms with E-state index in [9.17, 15) is 0 Å². The number of hydrogen-bond acceptors (Lipinski definition) is 3. The van der Waals surface area contributed by atoms with E-state index in [0.29, 0.717) is 16.3 Å². The van der Waals surface area contributed by atoms with E-state index in [1.807, 2.05) is 49.3 Å². The van der Waals surface area contributed by atoms with Gasteiger partial charge in [0.2, 0.25) is 0 Å². The highest BCUT2D eigenvalue weighted by atomic mass is 35.5. The highest BCUT2D eigenvalue weighted by molar-refractivity contribution is 6.31. The van der Waals surface area contributed by atoms with Crippen molar-refractivity contribution in [3.05, 3.63) is 53.1 Å². The van der Waals surface area contributed by atoms with E-state index in [-0.39, 0.29) is 0 Å². The lowest BCUT2D eigenvalue weighted by Gasteiger charge is -2.14. The van der Waals surface area contributed by atoms with E-state index in [1.165, 1.54) is 0 Å². The summed E-state index contributed by atoms with van der Waals surface area (Å²) in [5, 5.41) is 9.21. The second kappa shape index (κ2) is 5.64. The molecule has 0 bridgehead atoms. The van der Waals surface area contributed by atoms with Gasteiger partial charge >= 0.3 is 0 Å². The van der Waals surface area contributed by atoms with Crippen LogP contribution >= 0.6 is 11.6 Å². The Labute approximate surface area is 117 Å². The Bertz CT molecular complexity index is 632. The molecule has 96 valence electrons. The molecule has 0 atom stereocenters. The van der Waals surface area contributed by atoms with E-state index in [0.717, 1.165) is 11.4 Å². The summed E-state index contributed by atoms with van der Waals surface area (Å²) in [7, 11) is 3.94. The topological polar surface area (TPSA) is 36.3 Å². The molecule has 0 fully saturated rings. The third kappa shape index (κ3) is 3.18. The number of nitriles is 1. The van der Waals surface area contributed by atoms with Crippen LogP contribution in [0.3, 0.4) is 0 Å². The van der Waals surface area contributed by atoms with Gasteiger partial charge in [-0.05, 0) is 24.3 Å². The zero-order valence-corrected chi connectivity index (χ0v) is 11.5. The van der Waals surface area contributed by atoms with Gasteiger partial charge in [0, 0.05) is 31.9 Å². The first kappa shape index (κ1) is 13.3. The maximum absolute atomic E-state index is 8.82. The fourth-order valence-electron chi connectivity index (χ4n) is 1.61. The molecule has 2 aromatic carbocycles. The van der Waals surface area contributed by atoms with Gasteiger partial charge in [-0.1, -0.05) is 17.7 Å². The zero-order chi connectivity index (χ0) is 13.8. The zero-order valence-electron chi connectivity index (χ0n) is 10.7. The Hall–Kier alpha value is -2.18. The molecule has 3 nitrogen and oxygen atoms in total. The Kier molecular flexibility index (Phi) is 3.94. The second-order valence-electron chi connectivity index (χ2n) is 4.25. The highest BCUT2D eigenvalue weighted by Gasteiger charge is 2.04. The first-order valence-electron chi connectivity index (χ1n) is 5.75. The molecule has 0 aliphatic rings. The quantitative estimate of drug-likeness (QED) is 0.845. The molecule has 0 saturated carbocycles. The number of anilines is 1. The molecule has 2 rings (SSSR count). The number of rotatable bonds is 3. The van der Waals surface area contributed by atoms with E-state index < -0.39 is 0 Å². The minimum Gasteiger partial charge on any atom is -0.457 e. The molecule has 4 heteroatoms. The summed E-state index contributed by atoms with van der Waals surface area (Å²) in [4.78, 5) is 2.00. The number of halogens is 1. The Morgan fingerprint density at radius 3 is 2.47 bits per heavy atom. The fraction of sp³-hybridized carbons (Fsp3) is 0.133. The van der Waals surface area contributed by atoms with Gasteiger partial charge in [0.15, 0.2) is 0 Å². The van der Waals surface area contributed by atoms with Gasteiger partial charge in [-0.25, -0.2) is 0 Å². The minimum atomic E-state index is 0.392. The highest BCUT2D eigenvalue weighted by Crippen LogP contribution is 2.28. The molecular formula is C15H13ClN2O. The first-order chi connectivity index (χ1) is 9.10. The van der Waals surface area contributed by atoms with E-state index in [4.69, 9.17) is 21.6 Å². The summed E-state index contributed by atoms with van der Waals surface area (Å²) in [5.74, 6) is 1.34. The van der Waals surface area contributed by atoms with Crippen LogP contribution in [-0.2, 0) is 0 Å². The van der Waals surface area contributed by atoms with Gasteiger partial charge < -0.3 is 9.64 Å². The molecule has 0 radical (unpaired) electrons. The molecule has 0 aliphatic heterocycles. The molecule has 0 N–H and O–H groups in total. The average molecular weight is 273 g/mol. The standard InChI is InChI=1S/C15H13ClN2O/c1-18(2)12-4-3-5-13(8-12)19-14-7-6-11(10-17)15(16)9-14/h3-9H,1-2H3. The van der Waals surface area contributed by atoms with Crippen LogP contribution in [-0.4, -0.2) is 14.1 Å². The molecule has 2 aromatic rings. The second-order valence-corrected chi connectivity index (χ2v) is 4.65. The summed E-state index contributed by atoms with van der Waals surface area (Å²) < 4.78 is 5.73. The Balaban J connectivity index is 2.24. The smallest absolute Gasteiger partial charge is 0.129 e. The maximum atomic E-state index is 8.82. The van der Waals surface area contributed by atoms with Crippen molar-refractivity contribution in [2.24, 2.45) is 0 Å². The maximum Gasteiger partial charge on any atom is 0.129 e. The van der Waals surface area contributed by atoms with Crippen LogP contribution in [0.15, 0.2) is 42.5 Å². The lowest BCUT2D eigenvalue weighted by Crippen LogP contribution is -2.08. The van der Waals surface area contributed by atoms with Crippen molar-refractivity contribution < 1.29 is 4.74 Å². The van der Waals surface area contributed by atoms with Crippen molar-refractivity contribution in [2.75, 3.05) is 19.0 Å². The van der Waals surface area contributed by atoms with Gasteiger partial charge in [-0.15, -0.1) is 0 Å². The van der Waals surface area contributed by atoms with E-state index in [1.54, 1.807) is 18.2 Å². The molecule has 0 aromatic heterocycles. The minimum absolute atomic E-state index is 0.392. The lowest BCUT2D eigenvalue weighted by molar-refractivity contribution is 0.483. The molecule has 0 amide bonds. The van der Waals surface area contributed by atoms with Crippen LogP contribution < -0.4 is 9.64 Å². The summed E-state index contributed by atoms with van der Waals surface area (Å²) in [6.07, 6.45) is 0. The summed E-state index contributed by atoms with van der Waals surface area (Å²) in [6.45, 7) is 0. The van der Waals surface area contributed by atoms with Gasteiger partial charge in [0.05, 0.1) is 10.6 Å².